The SMILES string of the molecule is CC.Nc1nc(C#CCC2CCN(C(=O)OCC3CNC3=O)CC2)nc2c1ncn2[C@@H]1O[C@H](C(=O)NC2CC2)C(O)[C@@H]1O. The number of amides is 3. The summed E-state index contributed by atoms with van der Waals surface area (Å²) in [5.74, 6) is 5.76. The zero-order valence-corrected chi connectivity index (χ0v) is 24.2. The van der Waals surface area contributed by atoms with E-state index in [4.69, 9.17) is 15.2 Å². The van der Waals surface area contributed by atoms with Gasteiger partial charge in [0.2, 0.25) is 11.7 Å². The molecule has 5 heterocycles. The summed E-state index contributed by atoms with van der Waals surface area (Å²) in [7, 11) is 0. The molecule has 1 saturated carbocycles. The number of carbonyl (C=O) groups is 3. The molecule has 3 aliphatic heterocycles. The van der Waals surface area contributed by atoms with Crippen molar-refractivity contribution in [1.29, 1.82) is 0 Å². The molecule has 1 aliphatic carbocycles. The number of aromatic nitrogens is 4. The number of hydrogen-bond donors (Lipinski definition) is 5. The summed E-state index contributed by atoms with van der Waals surface area (Å²) in [4.78, 5) is 50.6. The van der Waals surface area contributed by atoms with Crippen molar-refractivity contribution in [2.24, 2.45) is 11.8 Å². The molecule has 4 aliphatic rings. The summed E-state index contributed by atoms with van der Waals surface area (Å²) in [6.07, 6.45) is -0.343. The standard InChI is InChI=1S/C26H32N8O7.C2H6/c27-21-17-22(34(12-29-17)25-19(36)18(35)20(41-25)24(38)30-15-4-5-15)32-16(31-21)3-1-2-13-6-8-33(9-7-13)26(39)40-11-14-10-28-23(14)37;1-2/h12-15,18-20,25,35-36H,2,4-11H2,(H,28,37)(H,30,38)(H2,27,31,32);1-2H3/t14?,18?,19-,20-,25+;/m0./s1. The van der Waals surface area contributed by atoms with Crippen LogP contribution in [0, 0.1) is 23.7 Å². The van der Waals surface area contributed by atoms with Crippen LogP contribution in [0.25, 0.3) is 11.2 Å². The maximum absolute atomic E-state index is 12.5. The number of anilines is 1. The number of imidazole rings is 1. The number of nitrogens with two attached hydrogens (primary N) is 1. The van der Waals surface area contributed by atoms with Crippen LogP contribution in [0.2, 0.25) is 0 Å². The van der Waals surface area contributed by atoms with E-state index in [9.17, 15) is 24.6 Å². The minimum atomic E-state index is -1.42. The van der Waals surface area contributed by atoms with Crippen molar-refractivity contribution in [3.8, 4) is 11.8 Å². The second-order valence-corrected chi connectivity index (χ2v) is 10.9. The van der Waals surface area contributed by atoms with E-state index >= 15 is 0 Å². The third-order valence-electron chi connectivity index (χ3n) is 7.91. The highest BCUT2D eigenvalue weighted by Gasteiger charge is 2.48. The van der Waals surface area contributed by atoms with Crippen molar-refractivity contribution in [1.82, 2.24) is 35.1 Å². The first kappa shape index (κ1) is 30.5. The molecule has 43 heavy (non-hydrogen) atoms. The van der Waals surface area contributed by atoms with Gasteiger partial charge in [-0.3, -0.25) is 14.2 Å². The lowest BCUT2D eigenvalue weighted by atomic mass is 9.94. The Morgan fingerprint density at radius 2 is 1.93 bits per heavy atom. The molecule has 15 heteroatoms. The van der Waals surface area contributed by atoms with Gasteiger partial charge in [0, 0.05) is 32.1 Å². The van der Waals surface area contributed by atoms with Gasteiger partial charge in [0.25, 0.3) is 5.91 Å². The van der Waals surface area contributed by atoms with Gasteiger partial charge in [0.1, 0.15) is 24.3 Å². The van der Waals surface area contributed by atoms with Crippen LogP contribution in [0.1, 0.15) is 58.0 Å². The maximum Gasteiger partial charge on any atom is 0.409 e. The number of ether oxygens (including phenoxy) is 2. The Morgan fingerprint density at radius 1 is 1.19 bits per heavy atom. The van der Waals surface area contributed by atoms with Crippen LogP contribution in [0.4, 0.5) is 10.6 Å². The third-order valence-corrected chi connectivity index (χ3v) is 7.91. The molecule has 0 aromatic carbocycles. The molecule has 6 rings (SSSR count). The molecular formula is C28H38N8O7. The van der Waals surface area contributed by atoms with Crippen molar-refractivity contribution in [2.75, 3.05) is 32.0 Å². The van der Waals surface area contributed by atoms with Crippen LogP contribution >= 0.6 is 0 Å². The van der Waals surface area contributed by atoms with Gasteiger partial charge in [-0.15, -0.1) is 0 Å². The molecular weight excluding hydrogens is 560 g/mol. The zero-order chi connectivity index (χ0) is 30.7. The lowest BCUT2D eigenvalue weighted by Crippen LogP contribution is -2.51. The van der Waals surface area contributed by atoms with E-state index in [0.717, 1.165) is 25.7 Å². The molecule has 5 atom stereocenters. The number of rotatable bonds is 6. The predicted molar refractivity (Wildman–Crippen MR) is 152 cm³/mol. The summed E-state index contributed by atoms with van der Waals surface area (Å²) in [5.41, 5.74) is 6.65. The highest BCUT2D eigenvalue weighted by molar-refractivity contribution is 5.85. The number of aliphatic hydroxyl groups is 2. The van der Waals surface area contributed by atoms with Crippen LogP contribution in [-0.4, -0.2) is 103 Å². The monoisotopic (exact) mass is 598 g/mol. The van der Waals surface area contributed by atoms with E-state index < -0.39 is 36.5 Å². The van der Waals surface area contributed by atoms with Gasteiger partial charge in [0.05, 0.1) is 12.2 Å². The summed E-state index contributed by atoms with van der Waals surface area (Å²) in [6, 6.07) is 0.0777. The van der Waals surface area contributed by atoms with Crippen LogP contribution in [0.5, 0.6) is 0 Å². The Labute approximate surface area is 248 Å². The number of hydrogen-bond acceptors (Lipinski definition) is 11. The number of nitrogens with one attached hydrogen (secondary N) is 2. The first-order chi connectivity index (χ1) is 20.8. The Hall–Kier alpha value is -4.00. The van der Waals surface area contributed by atoms with E-state index in [1.165, 1.54) is 10.9 Å². The first-order valence-electron chi connectivity index (χ1n) is 14.8. The van der Waals surface area contributed by atoms with Crippen LogP contribution < -0.4 is 16.4 Å². The van der Waals surface area contributed by atoms with E-state index in [2.05, 4.69) is 37.4 Å². The number of likely N-dealkylation sites (tertiary alicyclic amines) is 1. The van der Waals surface area contributed by atoms with Crippen molar-refractivity contribution >= 4 is 34.9 Å². The van der Waals surface area contributed by atoms with Crippen molar-refractivity contribution in [3.63, 3.8) is 0 Å². The minimum Gasteiger partial charge on any atom is -0.448 e. The van der Waals surface area contributed by atoms with E-state index in [0.29, 0.717) is 26.1 Å². The van der Waals surface area contributed by atoms with Gasteiger partial charge in [0.15, 0.2) is 23.8 Å². The van der Waals surface area contributed by atoms with Crippen LogP contribution in [0.3, 0.4) is 0 Å². The Bertz CT molecular complexity index is 1410. The molecule has 4 fully saturated rings. The number of carbonyl (C=O) groups excluding carboxylic acids is 3. The number of aliphatic hydroxyl groups excluding tert-OH is 2. The quantitative estimate of drug-likeness (QED) is 0.215. The highest BCUT2D eigenvalue weighted by Crippen LogP contribution is 2.33. The summed E-state index contributed by atoms with van der Waals surface area (Å²) < 4.78 is 12.4. The van der Waals surface area contributed by atoms with Gasteiger partial charge in [-0.2, -0.15) is 0 Å². The maximum atomic E-state index is 12.5. The minimum absolute atomic E-state index is 0.0777. The molecule has 2 unspecified atom stereocenters. The summed E-state index contributed by atoms with van der Waals surface area (Å²) >= 11 is 0. The van der Waals surface area contributed by atoms with Crippen molar-refractivity contribution in [2.45, 2.75) is 76.5 Å². The van der Waals surface area contributed by atoms with E-state index in [-0.39, 0.29) is 53.2 Å². The third kappa shape index (κ3) is 6.66. The van der Waals surface area contributed by atoms with Crippen LogP contribution in [-0.2, 0) is 19.1 Å². The zero-order valence-electron chi connectivity index (χ0n) is 24.2. The molecule has 15 nitrogen and oxygen atoms in total. The second kappa shape index (κ2) is 13.1. The fourth-order valence-corrected chi connectivity index (χ4v) is 5.12. The number of nitrogen functional groups attached to an aromatic ring is 1. The van der Waals surface area contributed by atoms with Gasteiger partial charge in [-0.1, -0.05) is 19.8 Å². The van der Waals surface area contributed by atoms with Gasteiger partial charge in [-0.25, -0.2) is 19.7 Å². The Kier molecular flexibility index (Phi) is 9.28. The fourth-order valence-electron chi connectivity index (χ4n) is 5.12. The molecule has 0 bridgehead atoms. The Morgan fingerprint density at radius 3 is 2.58 bits per heavy atom. The molecule has 2 aromatic heterocycles. The first-order valence-corrected chi connectivity index (χ1v) is 14.8. The average Bonchev–Trinajstić information content (AvgIpc) is 3.64. The van der Waals surface area contributed by atoms with E-state index in [1.807, 2.05) is 13.8 Å². The van der Waals surface area contributed by atoms with Gasteiger partial charge >= 0.3 is 6.09 Å². The lowest BCUT2D eigenvalue weighted by molar-refractivity contribution is -0.137. The van der Waals surface area contributed by atoms with Gasteiger partial charge in [-0.05, 0) is 37.5 Å². The normalized spacial score (nSPS) is 26.8. The molecule has 3 amide bonds. The summed E-state index contributed by atoms with van der Waals surface area (Å²) in [6.45, 7) is 5.74. The van der Waals surface area contributed by atoms with Gasteiger partial charge < -0.3 is 41.0 Å². The molecule has 6 N–H and O–H groups in total. The van der Waals surface area contributed by atoms with Crippen LogP contribution in [0.15, 0.2) is 6.33 Å². The number of nitrogens with zero attached hydrogens (tertiary/aromatic N) is 5. The Balaban J connectivity index is 0.00000180. The number of piperidine rings is 1. The summed E-state index contributed by atoms with van der Waals surface area (Å²) in [5, 5.41) is 26.5. The average molecular weight is 599 g/mol. The second-order valence-electron chi connectivity index (χ2n) is 10.9. The number of fused-ring (bicyclic) bond motifs is 1. The molecule has 3 saturated heterocycles. The molecule has 232 valence electrons. The predicted octanol–water partition coefficient (Wildman–Crippen LogP) is -0.331. The molecule has 0 spiro atoms. The number of β-lactam (4-membered cyclic amide) rings is 1. The molecule has 2 aromatic rings. The highest BCUT2D eigenvalue weighted by atomic mass is 16.6. The van der Waals surface area contributed by atoms with Crippen molar-refractivity contribution < 1.29 is 34.1 Å². The smallest absolute Gasteiger partial charge is 0.409 e. The van der Waals surface area contributed by atoms with Crippen molar-refractivity contribution in [3.05, 3.63) is 12.2 Å². The molecule has 0 radical (unpaired) electrons. The topological polar surface area (TPSA) is 207 Å². The largest absolute Gasteiger partial charge is 0.448 e. The lowest BCUT2D eigenvalue weighted by Gasteiger charge is -2.31. The van der Waals surface area contributed by atoms with E-state index in [1.54, 1.807) is 4.90 Å². The fraction of sp³-hybridized carbons (Fsp3) is 0.643.